The molecule has 0 saturated carbocycles. The summed E-state index contributed by atoms with van der Waals surface area (Å²) in [4.78, 5) is 22.3. The summed E-state index contributed by atoms with van der Waals surface area (Å²) in [5.41, 5.74) is 3.40. The number of nitrogens with zero attached hydrogens (tertiary/aromatic N) is 5. The Labute approximate surface area is 196 Å². The van der Waals surface area contributed by atoms with Crippen LogP contribution in [-0.4, -0.2) is 51.8 Å². The van der Waals surface area contributed by atoms with Crippen molar-refractivity contribution in [2.24, 2.45) is 0 Å². The van der Waals surface area contributed by atoms with Crippen molar-refractivity contribution >= 4 is 40.7 Å². The molecule has 2 aliphatic heterocycles. The summed E-state index contributed by atoms with van der Waals surface area (Å²) in [6.45, 7) is 4.74. The van der Waals surface area contributed by atoms with E-state index in [1.54, 1.807) is 16.8 Å². The molecule has 164 valence electrons. The van der Waals surface area contributed by atoms with Crippen LogP contribution in [0.1, 0.15) is 18.5 Å². The van der Waals surface area contributed by atoms with Crippen LogP contribution in [0.5, 0.6) is 0 Å². The maximum absolute atomic E-state index is 13.8. The Bertz CT molecular complexity index is 1180. The van der Waals surface area contributed by atoms with Gasteiger partial charge in [0, 0.05) is 37.6 Å². The summed E-state index contributed by atoms with van der Waals surface area (Å²) in [5.74, 6) is 0.573. The average Bonchev–Trinajstić information content (AvgIpc) is 3.28. The number of para-hydroxylation sites is 1. The van der Waals surface area contributed by atoms with E-state index in [0.29, 0.717) is 34.7 Å². The standard InChI is InChI=1S/C23H22Cl2N6O/c1-15-20(22(32)30-11-9-29(10-12-30)17-5-3-2-4-6-17)21(31-23(28-15)26-14-27-31)16-7-8-18(24)19(25)13-16/h2-8,13-14,21H,9-12H2,1H3,(H,26,27,28). The molecule has 3 aromatic rings. The molecular formula is C23H22Cl2N6O. The molecule has 0 radical (unpaired) electrons. The highest BCUT2D eigenvalue weighted by Crippen LogP contribution is 2.37. The highest BCUT2D eigenvalue weighted by Gasteiger charge is 2.36. The number of aromatic nitrogens is 3. The number of piperazine rings is 1. The smallest absolute Gasteiger partial charge is 0.254 e. The second-order valence-corrected chi connectivity index (χ2v) is 8.70. The lowest BCUT2D eigenvalue weighted by Crippen LogP contribution is -2.50. The molecule has 3 heterocycles. The van der Waals surface area contributed by atoms with Crippen molar-refractivity contribution in [1.82, 2.24) is 19.7 Å². The number of anilines is 2. The van der Waals surface area contributed by atoms with E-state index < -0.39 is 6.04 Å². The van der Waals surface area contributed by atoms with Crippen molar-refractivity contribution in [1.29, 1.82) is 0 Å². The van der Waals surface area contributed by atoms with Crippen LogP contribution in [0.25, 0.3) is 0 Å². The van der Waals surface area contributed by atoms with Gasteiger partial charge in [0.15, 0.2) is 0 Å². The van der Waals surface area contributed by atoms with Crippen LogP contribution >= 0.6 is 23.2 Å². The number of rotatable bonds is 3. The maximum atomic E-state index is 13.8. The maximum Gasteiger partial charge on any atom is 0.254 e. The van der Waals surface area contributed by atoms with Gasteiger partial charge in [-0.15, -0.1) is 0 Å². The molecule has 1 N–H and O–H groups in total. The zero-order valence-electron chi connectivity index (χ0n) is 17.5. The number of halogens is 2. The molecule has 0 spiro atoms. The third kappa shape index (κ3) is 3.72. The Morgan fingerprint density at radius 2 is 1.78 bits per heavy atom. The second-order valence-electron chi connectivity index (χ2n) is 7.88. The van der Waals surface area contributed by atoms with E-state index >= 15 is 0 Å². The predicted molar refractivity (Wildman–Crippen MR) is 126 cm³/mol. The Morgan fingerprint density at radius 1 is 1.03 bits per heavy atom. The fourth-order valence-corrected chi connectivity index (χ4v) is 4.64. The number of fused-ring (bicyclic) bond motifs is 1. The first-order valence-electron chi connectivity index (χ1n) is 10.4. The van der Waals surface area contributed by atoms with E-state index in [1.165, 1.54) is 12.0 Å². The molecule has 2 aromatic carbocycles. The Hall–Kier alpha value is -3.03. The molecule has 0 aliphatic carbocycles. The van der Waals surface area contributed by atoms with Gasteiger partial charge in [-0.05, 0) is 36.8 Å². The third-order valence-electron chi connectivity index (χ3n) is 5.97. The average molecular weight is 469 g/mol. The molecule has 1 amide bonds. The lowest BCUT2D eigenvalue weighted by molar-refractivity contribution is -0.128. The topological polar surface area (TPSA) is 66.3 Å². The number of carbonyl (C=O) groups excluding carboxylic acids is 1. The summed E-state index contributed by atoms with van der Waals surface area (Å²) in [6, 6.07) is 15.2. The molecule has 9 heteroatoms. The highest BCUT2D eigenvalue weighted by molar-refractivity contribution is 6.42. The van der Waals surface area contributed by atoms with Gasteiger partial charge in [0.25, 0.3) is 5.91 Å². The SMILES string of the molecule is CC1=C(C(=O)N2CCN(c3ccccc3)CC2)C(c2ccc(Cl)c(Cl)c2)n2ncnc2N1. The van der Waals surface area contributed by atoms with E-state index in [0.717, 1.165) is 24.4 Å². The summed E-state index contributed by atoms with van der Waals surface area (Å²) >= 11 is 12.5. The van der Waals surface area contributed by atoms with Crippen molar-refractivity contribution in [2.75, 3.05) is 36.4 Å². The molecule has 2 aliphatic rings. The van der Waals surface area contributed by atoms with Gasteiger partial charge >= 0.3 is 0 Å². The number of nitrogens with one attached hydrogen (secondary N) is 1. The van der Waals surface area contributed by atoms with Gasteiger partial charge in [0.05, 0.1) is 15.6 Å². The van der Waals surface area contributed by atoms with Crippen LogP contribution in [0, 0.1) is 0 Å². The lowest BCUT2D eigenvalue weighted by Gasteiger charge is -2.38. The number of allylic oxidation sites excluding steroid dienone is 1. The number of benzene rings is 2. The van der Waals surface area contributed by atoms with E-state index in [2.05, 4.69) is 32.4 Å². The minimum atomic E-state index is -0.442. The molecule has 1 saturated heterocycles. The first-order valence-corrected chi connectivity index (χ1v) is 11.2. The zero-order valence-corrected chi connectivity index (χ0v) is 19.0. The second kappa shape index (κ2) is 8.48. The van der Waals surface area contributed by atoms with Gasteiger partial charge in [0.2, 0.25) is 5.95 Å². The molecule has 1 atom stereocenters. The molecule has 0 bridgehead atoms. The van der Waals surface area contributed by atoms with Gasteiger partial charge in [0.1, 0.15) is 12.4 Å². The molecule has 1 unspecified atom stereocenters. The van der Waals surface area contributed by atoms with E-state index in [1.807, 2.05) is 36.1 Å². The van der Waals surface area contributed by atoms with Crippen LogP contribution in [0.2, 0.25) is 10.0 Å². The van der Waals surface area contributed by atoms with Gasteiger partial charge in [-0.2, -0.15) is 10.1 Å². The molecular weight excluding hydrogens is 447 g/mol. The zero-order chi connectivity index (χ0) is 22.2. The van der Waals surface area contributed by atoms with Gasteiger partial charge in [-0.1, -0.05) is 47.5 Å². The number of hydrogen-bond donors (Lipinski definition) is 1. The summed E-state index contributed by atoms with van der Waals surface area (Å²) in [7, 11) is 0. The van der Waals surface area contributed by atoms with E-state index in [-0.39, 0.29) is 5.91 Å². The molecule has 1 aromatic heterocycles. The third-order valence-corrected chi connectivity index (χ3v) is 6.71. The molecule has 5 rings (SSSR count). The van der Waals surface area contributed by atoms with Crippen LogP contribution in [0.3, 0.4) is 0 Å². The first kappa shape index (κ1) is 20.8. The van der Waals surface area contributed by atoms with Crippen molar-refractivity contribution < 1.29 is 4.79 Å². The van der Waals surface area contributed by atoms with E-state index in [9.17, 15) is 4.79 Å². The Balaban J connectivity index is 1.44. The highest BCUT2D eigenvalue weighted by atomic mass is 35.5. The van der Waals surface area contributed by atoms with Crippen molar-refractivity contribution in [3.05, 3.63) is 81.7 Å². The van der Waals surface area contributed by atoms with Crippen molar-refractivity contribution in [2.45, 2.75) is 13.0 Å². The normalized spacial score (nSPS) is 18.4. The minimum Gasteiger partial charge on any atom is -0.368 e. The monoisotopic (exact) mass is 468 g/mol. The minimum absolute atomic E-state index is 0.0139. The molecule has 7 nitrogen and oxygen atoms in total. The van der Waals surface area contributed by atoms with E-state index in [4.69, 9.17) is 23.2 Å². The quantitative estimate of drug-likeness (QED) is 0.622. The van der Waals surface area contributed by atoms with Crippen LogP contribution in [0.15, 0.2) is 66.1 Å². The number of amides is 1. The van der Waals surface area contributed by atoms with Gasteiger partial charge < -0.3 is 15.1 Å². The first-order chi connectivity index (χ1) is 15.5. The fourth-order valence-electron chi connectivity index (χ4n) is 4.34. The lowest BCUT2D eigenvalue weighted by atomic mass is 9.94. The molecule has 1 fully saturated rings. The Kier molecular flexibility index (Phi) is 5.53. The summed E-state index contributed by atoms with van der Waals surface area (Å²) in [5, 5.41) is 8.51. The van der Waals surface area contributed by atoms with Crippen molar-refractivity contribution in [3.8, 4) is 0 Å². The van der Waals surface area contributed by atoms with Crippen LogP contribution < -0.4 is 10.2 Å². The number of hydrogen-bond acceptors (Lipinski definition) is 5. The molecule has 32 heavy (non-hydrogen) atoms. The summed E-state index contributed by atoms with van der Waals surface area (Å²) in [6.07, 6.45) is 1.48. The van der Waals surface area contributed by atoms with Gasteiger partial charge in [-0.25, -0.2) is 4.68 Å². The fraction of sp³-hybridized carbons (Fsp3) is 0.261. The van der Waals surface area contributed by atoms with Crippen LogP contribution in [0.4, 0.5) is 11.6 Å². The Morgan fingerprint density at radius 3 is 2.50 bits per heavy atom. The van der Waals surface area contributed by atoms with Crippen LogP contribution in [-0.2, 0) is 4.79 Å². The largest absolute Gasteiger partial charge is 0.368 e. The summed E-state index contributed by atoms with van der Waals surface area (Å²) < 4.78 is 1.72. The van der Waals surface area contributed by atoms with Gasteiger partial charge in [-0.3, -0.25) is 4.79 Å². The number of carbonyl (C=O) groups is 1. The predicted octanol–water partition coefficient (Wildman–Crippen LogP) is 4.22. The van der Waals surface area contributed by atoms with Crippen molar-refractivity contribution in [3.63, 3.8) is 0 Å².